The predicted octanol–water partition coefficient (Wildman–Crippen LogP) is 3.33. The van der Waals surface area contributed by atoms with Crippen molar-refractivity contribution in [2.45, 2.75) is 38.9 Å². The van der Waals surface area contributed by atoms with Crippen LogP contribution >= 0.6 is 11.8 Å². The maximum atomic E-state index is 12.5. The normalized spacial score (nSPS) is 11.2. The maximum Gasteiger partial charge on any atom is 0.305 e. The number of anilines is 1. The molecule has 1 N–H and O–H groups in total. The average Bonchev–Trinajstić information content (AvgIpc) is 2.37. The van der Waals surface area contributed by atoms with Gasteiger partial charge in [-0.1, -0.05) is 39.0 Å². The second-order valence-electron chi connectivity index (χ2n) is 5.88. The van der Waals surface area contributed by atoms with E-state index in [2.05, 4.69) is 20.8 Å². The van der Waals surface area contributed by atoms with Crippen LogP contribution in [-0.2, 0) is 9.59 Å². The van der Waals surface area contributed by atoms with Gasteiger partial charge in [-0.15, -0.1) is 11.8 Å². The highest BCUT2D eigenvalue weighted by Gasteiger charge is 2.21. The van der Waals surface area contributed by atoms with E-state index < -0.39 is 5.97 Å². The summed E-state index contributed by atoms with van der Waals surface area (Å²) in [5, 5.41) is 8.88. The van der Waals surface area contributed by atoms with Gasteiger partial charge in [0.1, 0.15) is 0 Å². The molecule has 0 spiro atoms. The van der Waals surface area contributed by atoms with Crippen LogP contribution < -0.4 is 4.90 Å². The molecule has 0 fully saturated rings. The number of nitrogens with zero attached hydrogens (tertiary/aromatic N) is 1. The molecule has 4 nitrogen and oxygen atoms in total. The van der Waals surface area contributed by atoms with E-state index in [0.717, 1.165) is 11.3 Å². The SMILES string of the molecule is Cc1ccccc1N(CCC(=O)O)C(=O)CSC(C)(C)C. The molecule has 0 saturated heterocycles. The summed E-state index contributed by atoms with van der Waals surface area (Å²) in [5.41, 5.74) is 1.76. The fourth-order valence-electron chi connectivity index (χ4n) is 1.81. The summed E-state index contributed by atoms with van der Waals surface area (Å²) < 4.78 is -0.000138. The van der Waals surface area contributed by atoms with Crippen molar-refractivity contribution in [2.24, 2.45) is 0 Å². The van der Waals surface area contributed by atoms with E-state index in [1.165, 1.54) is 0 Å². The highest BCUT2D eigenvalue weighted by atomic mass is 32.2. The van der Waals surface area contributed by atoms with Crippen molar-refractivity contribution >= 4 is 29.3 Å². The first kappa shape index (κ1) is 17.6. The van der Waals surface area contributed by atoms with Crippen LogP contribution in [0.3, 0.4) is 0 Å². The Morgan fingerprint density at radius 1 is 1.24 bits per heavy atom. The Kier molecular flexibility index (Phi) is 6.27. The Morgan fingerprint density at radius 3 is 2.38 bits per heavy atom. The van der Waals surface area contributed by atoms with Crippen LogP contribution in [0.15, 0.2) is 24.3 Å². The molecule has 21 heavy (non-hydrogen) atoms. The number of carboxylic acid groups (broad SMARTS) is 1. The smallest absolute Gasteiger partial charge is 0.305 e. The molecular formula is C16H23NO3S. The minimum atomic E-state index is -0.898. The molecule has 0 aromatic heterocycles. The van der Waals surface area contributed by atoms with Crippen LogP contribution in [0.25, 0.3) is 0 Å². The summed E-state index contributed by atoms with van der Waals surface area (Å²) in [4.78, 5) is 24.9. The van der Waals surface area contributed by atoms with Gasteiger partial charge in [0.15, 0.2) is 0 Å². The Balaban J connectivity index is 2.89. The van der Waals surface area contributed by atoms with Crippen LogP contribution in [-0.4, -0.2) is 34.0 Å². The number of aryl methyl sites for hydroxylation is 1. The van der Waals surface area contributed by atoms with Gasteiger partial charge in [-0.3, -0.25) is 9.59 Å². The molecule has 1 rings (SSSR count). The lowest BCUT2D eigenvalue weighted by Gasteiger charge is -2.25. The topological polar surface area (TPSA) is 57.6 Å². The number of hydrogen-bond donors (Lipinski definition) is 1. The minimum absolute atomic E-state index is 0.000138. The van der Waals surface area contributed by atoms with E-state index in [-0.39, 0.29) is 23.6 Å². The number of aliphatic carboxylic acids is 1. The van der Waals surface area contributed by atoms with E-state index in [1.807, 2.05) is 31.2 Å². The fraction of sp³-hybridized carbons (Fsp3) is 0.500. The van der Waals surface area contributed by atoms with E-state index in [4.69, 9.17) is 5.11 Å². The molecule has 5 heteroatoms. The lowest BCUT2D eigenvalue weighted by Crippen LogP contribution is -2.35. The zero-order chi connectivity index (χ0) is 16.0. The van der Waals surface area contributed by atoms with Crippen LogP contribution in [0, 0.1) is 6.92 Å². The van der Waals surface area contributed by atoms with Gasteiger partial charge in [0.2, 0.25) is 5.91 Å². The van der Waals surface area contributed by atoms with E-state index >= 15 is 0 Å². The monoisotopic (exact) mass is 309 g/mol. The number of hydrogen-bond acceptors (Lipinski definition) is 3. The van der Waals surface area contributed by atoms with Gasteiger partial charge in [0.05, 0.1) is 12.2 Å². The minimum Gasteiger partial charge on any atom is -0.481 e. The summed E-state index contributed by atoms with van der Waals surface area (Å²) in [6.07, 6.45) is -0.0553. The highest BCUT2D eigenvalue weighted by Crippen LogP contribution is 2.26. The molecular weight excluding hydrogens is 286 g/mol. The van der Waals surface area contributed by atoms with Crippen molar-refractivity contribution in [1.82, 2.24) is 0 Å². The molecule has 1 aromatic rings. The summed E-state index contributed by atoms with van der Waals surface area (Å²) in [6.45, 7) is 8.29. The molecule has 1 amide bonds. The summed E-state index contributed by atoms with van der Waals surface area (Å²) >= 11 is 1.57. The van der Waals surface area contributed by atoms with Gasteiger partial charge < -0.3 is 10.0 Å². The summed E-state index contributed by atoms with van der Waals surface area (Å²) in [7, 11) is 0. The molecule has 0 atom stereocenters. The van der Waals surface area contributed by atoms with E-state index in [1.54, 1.807) is 16.7 Å². The van der Waals surface area contributed by atoms with Gasteiger partial charge in [0, 0.05) is 17.0 Å². The van der Waals surface area contributed by atoms with Gasteiger partial charge in [-0.05, 0) is 18.6 Å². The van der Waals surface area contributed by atoms with Crippen LogP contribution in [0.4, 0.5) is 5.69 Å². The predicted molar refractivity (Wildman–Crippen MR) is 88.0 cm³/mol. The Bertz CT molecular complexity index is 508. The Morgan fingerprint density at radius 2 is 1.86 bits per heavy atom. The van der Waals surface area contributed by atoms with Crippen molar-refractivity contribution < 1.29 is 14.7 Å². The van der Waals surface area contributed by atoms with E-state index in [0.29, 0.717) is 5.75 Å². The van der Waals surface area contributed by atoms with Crippen molar-refractivity contribution in [1.29, 1.82) is 0 Å². The highest BCUT2D eigenvalue weighted by molar-refractivity contribution is 8.01. The first-order valence-corrected chi connectivity index (χ1v) is 7.91. The van der Waals surface area contributed by atoms with Crippen LogP contribution in [0.1, 0.15) is 32.8 Å². The van der Waals surface area contributed by atoms with Gasteiger partial charge in [0.25, 0.3) is 0 Å². The molecule has 0 radical (unpaired) electrons. The first-order chi connectivity index (χ1) is 9.70. The quantitative estimate of drug-likeness (QED) is 0.875. The number of carbonyl (C=O) groups is 2. The molecule has 1 aromatic carbocycles. The second-order valence-corrected chi connectivity index (χ2v) is 7.68. The van der Waals surface area contributed by atoms with Crippen LogP contribution in [0.2, 0.25) is 0 Å². The number of benzene rings is 1. The Hall–Kier alpha value is -1.49. The largest absolute Gasteiger partial charge is 0.481 e. The lowest BCUT2D eigenvalue weighted by atomic mass is 10.1. The van der Waals surface area contributed by atoms with Gasteiger partial charge in [-0.25, -0.2) is 0 Å². The third-order valence-electron chi connectivity index (χ3n) is 2.89. The number of rotatable bonds is 6. The molecule has 0 aliphatic carbocycles. The summed E-state index contributed by atoms with van der Waals surface area (Å²) in [5.74, 6) is -0.604. The molecule has 116 valence electrons. The van der Waals surface area contributed by atoms with E-state index in [9.17, 15) is 9.59 Å². The van der Waals surface area contributed by atoms with Gasteiger partial charge >= 0.3 is 5.97 Å². The zero-order valence-corrected chi connectivity index (χ0v) is 13.9. The van der Waals surface area contributed by atoms with Crippen LogP contribution in [0.5, 0.6) is 0 Å². The number of thioether (sulfide) groups is 1. The lowest BCUT2D eigenvalue weighted by molar-refractivity contribution is -0.136. The maximum absolute atomic E-state index is 12.5. The Labute approximate surface area is 130 Å². The molecule has 0 heterocycles. The average molecular weight is 309 g/mol. The zero-order valence-electron chi connectivity index (χ0n) is 13.0. The van der Waals surface area contributed by atoms with Crippen molar-refractivity contribution in [3.63, 3.8) is 0 Å². The second kappa shape index (κ2) is 7.50. The molecule has 0 aliphatic rings. The first-order valence-electron chi connectivity index (χ1n) is 6.92. The fourth-order valence-corrected chi connectivity index (χ4v) is 2.52. The third-order valence-corrected chi connectivity index (χ3v) is 4.14. The molecule has 0 aliphatic heterocycles. The number of amides is 1. The standard InChI is InChI=1S/C16H23NO3S/c1-12-7-5-6-8-13(12)17(10-9-15(19)20)14(18)11-21-16(2,3)4/h5-8H,9-11H2,1-4H3,(H,19,20). The van der Waals surface area contributed by atoms with Crippen molar-refractivity contribution in [3.8, 4) is 0 Å². The van der Waals surface area contributed by atoms with Crippen molar-refractivity contribution in [3.05, 3.63) is 29.8 Å². The van der Waals surface area contributed by atoms with Crippen molar-refractivity contribution in [2.75, 3.05) is 17.2 Å². The van der Waals surface area contributed by atoms with Gasteiger partial charge in [-0.2, -0.15) is 0 Å². The number of para-hydroxylation sites is 1. The number of carbonyl (C=O) groups excluding carboxylic acids is 1. The molecule has 0 saturated carbocycles. The summed E-state index contributed by atoms with van der Waals surface area (Å²) in [6, 6.07) is 7.55. The number of carboxylic acids is 1. The molecule has 0 bridgehead atoms. The third kappa shape index (κ3) is 6.21. The molecule has 0 unspecified atom stereocenters.